The summed E-state index contributed by atoms with van der Waals surface area (Å²) < 4.78 is 23.3. The number of sulfone groups is 1. The largest absolute Gasteiger partial charge is 0.398 e. The number of nitrogens with two attached hydrogens (primary N) is 1. The number of anilines is 1. The molecule has 1 fully saturated rings. The maximum atomic E-state index is 11.7. The number of benzene rings is 1. The maximum Gasteiger partial charge on any atom is 0.150 e. The Labute approximate surface area is 103 Å². The maximum absolute atomic E-state index is 11.7. The van der Waals surface area contributed by atoms with E-state index in [4.69, 9.17) is 5.73 Å². The summed E-state index contributed by atoms with van der Waals surface area (Å²) in [7, 11) is -2.84. The van der Waals surface area contributed by atoms with Gasteiger partial charge >= 0.3 is 0 Å². The fourth-order valence-corrected chi connectivity index (χ4v) is 4.51. The lowest BCUT2D eigenvalue weighted by atomic mass is 9.85. The lowest BCUT2D eigenvalue weighted by molar-refractivity contribution is 0.428. The normalized spacial score (nSPS) is 25.4. The first kappa shape index (κ1) is 12.4. The highest BCUT2D eigenvalue weighted by molar-refractivity contribution is 7.91. The minimum atomic E-state index is -2.84. The molecule has 0 amide bonds. The molecule has 0 aromatic heterocycles. The molecule has 1 aromatic carbocycles. The van der Waals surface area contributed by atoms with Gasteiger partial charge in [0.15, 0.2) is 9.84 Å². The van der Waals surface area contributed by atoms with Crippen molar-refractivity contribution in [3.8, 4) is 0 Å². The minimum Gasteiger partial charge on any atom is -0.398 e. The number of hydrogen-bond acceptors (Lipinski definition) is 3. The molecule has 1 saturated heterocycles. The molecule has 0 spiro atoms. The molecule has 2 rings (SSSR count). The van der Waals surface area contributed by atoms with Crippen LogP contribution in [-0.2, 0) is 9.84 Å². The first-order chi connectivity index (χ1) is 7.99. The van der Waals surface area contributed by atoms with E-state index >= 15 is 0 Å². The van der Waals surface area contributed by atoms with Crippen molar-refractivity contribution in [3.05, 3.63) is 29.8 Å². The highest BCUT2D eigenvalue weighted by Crippen LogP contribution is 2.34. The third kappa shape index (κ3) is 2.80. The molecule has 0 saturated carbocycles. The zero-order valence-electron chi connectivity index (χ0n) is 10.1. The van der Waals surface area contributed by atoms with Crippen molar-refractivity contribution in [1.82, 2.24) is 0 Å². The van der Waals surface area contributed by atoms with Crippen molar-refractivity contribution in [2.24, 2.45) is 5.92 Å². The van der Waals surface area contributed by atoms with Crippen molar-refractivity contribution >= 4 is 15.5 Å². The lowest BCUT2D eigenvalue weighted by Gasteiger charge is -2.28. The van der Waals surface area contributed by atoms with Gasteiger partial charge in [-0.25, -0.2) is 8.42 Å². The zero-order chi connectivity index (χ0) is 12.5. The van der Waals surface area contributed by atoms with Gasteiger partial charge in [-0.1, -0.05) is 25.1 Å². The fourth-order valence-electron chi connectivity index (χ4n) is 2.63. The molecule has 1 aliphatic rings. The van der Waals surface area contributed by atoms with E-state index in [2.05, 4.69) is 6.92 Å². The molecule has 2 N–H and O–H groups in total. The van der Waals surface area contributed by atoms with Crippen LogP contribution in [0.1, 0.15) is 31.2 Å². The fraction of sp³-hybridized carbons (Fsp3) is 0.538. The van der Waals surface area contributed by atoms with E-state index in [-0.39, 0.29) is 11.8 Å². The zero-order valence-corrected chi connectivity index (χ0v) is 10.9. The first-order valence-electron chi connectivity index (χ1n) is 6.04. The average molecular weight is 253 g/mol. The topological polar surface area (TPSA) is 60.2 Å². The van der Waals surface area contributed by atoms with Crippen LogP contribution in [0, 0.1) is 5.92 Å². The number of para-hydroxylation sites is 1. The van der Waals surface area contributed by atoms with E-state index in [1.807, 2.05) is 24.3 Å². The second-order valence-electron chi connectivity index (χ2n) is 4.93. The smallest absolute Gasteiger partial charge is 0.150 e. The standard InChI is InChI=1S/C13H19NO2S/c1-10(12-6-2-3-7-13(12)14)11-5-4-8-17(15,16)9-11/h2-3,6-7,10-11H,4-5,8-9,14H2,1H3. The third-order valence-corrected chi connectivity index (χ3v) is 5.54. The molecule has 1 heterocycles. The lowest BCUT2D eigenvalue weighted by Crippen LogP contribution is -2.28. The van der Waals surface area contributed by atoms with E-state index in [0.717, 1.165) is 24.1 Å². The quantitative estimate of drug-likeness (QED) is 0.822. The predicted molar refractivity (Wildman–Crippen MR) is 70.6 cm³/mol. The van der Waals surface area contributed by atoms with Crippen molar-refractivity contribution in [3.63, 3.8) is 0 Å². The second-order valence-corrected chi connectivity index (χ2v) is 7.16. The van der Waals surface area contributed by atoms with Gasteiger partial charge < -0.3 is 5.73 Å². The average Bonchev–Trinajstić information content (AvgIpc) is 2.27. The number of rotatable bonds is 2. The van der Waals surface area contributed by atoms with Gasteiger partial charge in [-0.15, -0.1) is 0 Å². The molecule has 0 radical (unpaired) electrons. The van der Waals surface area contributed by atoms with Crippen molar-refractivity contribution < 1.29 is 8.42 Å². The van der Waals surface area contributed by atoms with Crippen LogP contribution in [0.5, 0.6) is 0 Å². The molecule has 17 heavy (non-hydrogen) atoms. The summed E-state index contributed by atoms with van der Waals surface area (Å²) in [5, 5.41) is 0. The monoisotopic (exact) mass is 253 g/mol. The van der Waals surface area contributed by atoms with Crippen LogP contribution >= 0.6 is 0 Å². The van der Waals surface area contributed by atoms with Crippen molar-refractivity contribution in [2.75, 3.05) is 17.2 Å². The van der Waals surface area contributed by atoms with E-state index in [1.165, 1.54) is 0 Å². The molecular formula is C13H19NO2S. The highest BCUT2D eigenvalue weighted by Gasteiger charge is 2.29. The molecule has 3 nitrogen and oxygen atoms in total. The SMILES string of the molecule is CC(c1ccccc1N)C1CCCS(=O)(=O)C1. The second kappa shape index (κ2) is 4.69. The summed E-state index contributed by atoms with van der Waals surface area (Å²) >= 11 is 0. The van der Waals surface area contributed by atoms with Crippen LogP contribution in [-0.4, -0.2) is 19.9 Å². The molecule has 0 aliphatic carbocycles. The Kier molecular flexibility index (Phi) is 3.43. The highest BCUT2D eigenvalue weighted by atomic mass is 32.2. The summed E-state index contributed by atoms with van der Waals surface area (Å²) in [6, 6.07) is 7.74. The Bertz CT molecular complexity index is 496. The molecular weight excluding hydrogens is 234 g/mol. The van der Waals surface area contributed by atoms with Crippen LogP contribution in [0.25, 0.3) is 0 Å². The summed E-state index contributed by atoms with van der Waals surface area (Å²) in [5.74, 6) is 1.08. The number of hydrogen-bond donors (Lipinski definition) is 1. The summed E-state index contributed by atoms with van der Waals surface area (Å²) in [4.78, 5) is 0. The van der Waals surface area contributed by atoms with Crippen molar-refractivity contribution in [2.45, 2.75) is 25.7 Å². The van der Waals surface area contributed by atoms with E-state index in [1.54, 1.807) is 0 Å². The Morgan fingerprint density at radius 1 is 1.35 bits per heavy atom. The molecule has 1 aromatic rings. The summed E-state index contributed by atoms with van der Waals surface area (Å²) in [6.45, 7) is 2.08. The van der Waals surface area contributed by atoms with E-state index in [0.29, 0.717) is 11.5 Å². The molecule has 4 heteroatoms. The van der Waals surface area contributed by atoms with Crippen LogP contribution < -0.4 is 5.73 Å². The van der Waals surface area contributed by atoms with Gasteiger partial charge in [0.05, 0.1) is 11.5 Å². The Hall–Kier alpha value is -1.03. The third-order valence-electron chi connectivity index (χ3n) is 3.69. The van der Waals surface area contributed by atoms with Gasteiger partial charge in [-0.3, -0.25) is 0 Å². The molecule has 2 unspecified atom stereocenters. The van der Waals surface area contributed by atoms with Gasteiger partial charge in [-0.05, 0) is 36.3 Å². The predicted octanol–water partition coefficient (Wildman–Crippen LogP) is 2.20. The minimum absolute atomic E-state index is 0.207. The van der Waals surface area contributed by atoms with E-state index < -0.39 is 9.84 Å². The van der Waals surface area contributed by atoms with Crippen LogP contribution in [0.3, 0.4) is 0 Å². The Morgan fingerprint density at radius 3 is 2.71 bits per heavy atom. The van der Waals surface area contributed by atoms with Gasteiger partial charge in [0.25, 0.3) is 0 Å². The first-order valence-corrected chi connectivity index (χ1v) is 7.86. The summed E-state index contributed by atoms with van der Waals surface area (Å²) in [6.07, 6.45) is 1.76. The Balaban J connectivity index is 2.21. The number of nitrogen functional groups attached to an aromatic ring is 1. The summed E-state index contributed by atoms with van der Waals surface area (Å²) in [5.41, 5.74) is 7.79. The van der Waals surface area contributed by atoms with Gasteiger partial charge in [0, 0.05) is 5.69 Å². The molecule has 0 bridgehead atoms. The van der Waals surface area contributed by atoms with Gasteiger partial charge in [0.1, 0.15) is 0 Å². The molecule has 94 valence electrons. The van der Waals surface area contributed by atoms with E-state index in [9.17, 15) is 8.42 Å². The van der Waals surface area contributed by atoms with Crippen LogP contribution in [0.2, 0.25) is 0 Å². The van der Waals surface area contributed by atoms with Gasteiger partial charge in [-0.2, -0.15) is 0 Å². The Morgan fingerprint density at radius 2 is 2.06 bits per heavy atom. The van der Waals surface area contributed by atoms with Crippen molar-refractivity contribution in [1.29, 1.82) is 0 Å². The molecule has 1 aliphatic heterocycles. The van der Waals surface area contributed by atoms with Gasteiger partial charge in [0.2, 0.25) is 0 Å². The van der Waals surface area contributed by atoms with Crippen LogP contribution in [0.15, 0.2) is 24.3 Å². The molecule has 2 atom stereocenters. The van der Waals surface area contributed by atoms with Crippen LogP contribution in [0.4, 0.5) is 5.69 Å².